The van der Waals surface area contributed by atoms with Gasteiger partial charge >= 0.3 is 5.97 Å². The van der Waals surface area contributed by atoms with E-state index >= 15 is 0 Å². The molecule has 152 valence electrons. The van der Waals surface area contributed by atoms with E-state index in [4.69, 9.17) is 9.47 Å². The summed E-state index contributed by atoms with van der Waals surface area (Å²) in [5.74, 6) is -1.92. The second kappa shape index (κ2) is 9.58. The predicted molar refractivity (Wildman–Crippen MR) is 106 cm³/mol. The van der Waals surface area contributed by atoms with Gasteiger partial charge in [-0.3, -0.25) is 4.79 Å². The smallest absolute Gasteiger partial charge is 0.349 e. The summed E-state index contributed by atoms with van der Waals surface area (Å²) in [5.41, 5.74) is 1.28. The van der Waals surface area contributed by atoms with E-state index in [0.29, 0.717) is 28.6 Å². The standard InChI is InChI=1S/C21H19F2NO4S/c1-27-11-15-19-16(23)3-2-4-17(19)29-20(15)21(26)28-12-18(25)24-10-9-13-5-7-14(22)8-6-13/h2-8H,9-12H2,1H3,(H,24,25). The minimum absolute atomic E-state index is 0.0508. The molecule has 0 saturated carbocycles. The first-order chi connectivity index (χ1) is 14.0. The summed E-state index contributed by atoms with van der Waals surface area (Å²) in [6.07, 6.45) is 0.521. The molecule has 0 aliphatic rings. The van der Waals surface area contributed by atoms with Crippen LogP contribution >= 0.6 is 11.3 Å². The van der Waals surface area contributed by atoms with Gasteiger partial charge in [0.2, 0.25) is 0 Å². The fraction of sp³-hybridized carbons (Fsp3) is 0.238. The number of methoxy groups -OCH3 is 1. The summed E-state index contributed by atoms with van der Waals surface area (Å²) in [6.45, 7) is -0.0777. The second-order valence-electron chi connectivity index (χ2n) is 6.26. The quantitative estimate of drug-likeness (QED) is 0.564. The number of ether oxygens (including phenoxy) is 2. The van der Waals surface area contributed by atoms with Gasteiger partial charge in [-0.1, -0.05) is 18.2 Å². The monoisotopic (exact) mass is 419 g/mol. The lowest BCUT2D eigenvalue weighted by atomic mass is 10.1. The average Bonchev–Trinajstić information content (AvgIpc) is 3.08. The minimum Gasteiger partial charge on any atom is -0.451 e. The van der Waals surface area contributed by atoms with Gasteiger partial charge in [-0.05, 0) is 36.2 Å². The summed E-state index contributed by atoms with van der Waals surface area (Å²) in [5, 5.41) is 2.97. The molecule has 29 heavy (non-hydrogen) atoms. The fourth-order valence-corrected chi connectivity index (χ4v) is 3.98. The molecule has 1 heterocycles. The molecule has 0 fully saturated rings. The first-order valence-corrected chi connectivity index (χ1v) is 9.68. The molecule has 0 aliphatic heterocycles. The number of fused-ring (bicyclic) bond motifs is 1. The van der Waals surface area contributed by atoms with E-state index in [1.807, 2.05) is 0 Å². The second-order valence-corrected chi connectivity index (χ2v) is 7.31. The number of carbonyl (C=O) groups excluding carboxylic acids is 2. The van der Waals surface area contributed by atoms with Crippen molar-refractivity contribution in [3.63, 3.8) is 0 Å². The minimum atomic E-state index is -0.702. The van der Waals surface area contributed by atoms with Gasteiger partial charge in [-0.15, -0.1) is 11.3 Å². The van der Waals surface area contributed by atoms with Crippen molar-refractivity contribution in [2.75, 3.05) is 20.3 Å². The normalized spacial score (nSPS) is 10.9. The van der Waals surface area contributed by atoms with Crippen LogP contribution in [0.3, 0.4) is 0 Å². The van der Waals surface area contributed by atoms with Crippen molar-refractivity contribution in [3.05, 3.63) is 70.1 Å². The Hall–Kier alpha value is -2.84. The number of esters is 1. The molecule has 0 saturated heterocycles. The Bertz CT molecular complexity index is 1020. The van der Waals surface area contributed by atoms with E-state index < -0.39 is 24.3 Å². The van der Waals surface area contributed by atoms with Gasteiger partial charge < -0.3 is 14.8 Å². The predicted octanol–water partition coefficient (Wildman–Crippen LogP) is 3.84. The topological polar surface area (TPSA) is 64.6 Å². The van der Waals surface area contributed by atoms with Gasteiger partial charge in [0.1, 0.15) is 16.5 Å². The van der Waals surface area contributed by atoms with Crippen molar-refractivity contribution in [3.8, 4) is 0 Å². The zero-order valence-corrected chi connectivity index (χ0v) is 16.5. The molecule has 1 amide bonds. The van der Waals surface area contributed by atoms with Crippen molar-refractivity contribution >= 4 is 33.3 Å². The number of thiophene rings is 1. The molecule has 0 aliphatic carbocycles. The number of halogens is 2. The van der Waals surface area contributed by atoms with Crippen LogP contribution in [-0.2, 0) is 27.3 Å². The van der Waals surface area contributed by atoms with Gasteiger partial charge in [0.25, 0.3) is 5.91 Å². The van der Waals surface area contributed by atoms with Crippen LogP contribution < -0.4 is 5.32 Å². The van der Waals surface area contributed by atoms with Crippen LogP contribution in [0.15, 0.2) is 42.5 Å². The van der Waals surface area contributed by atoms with Crippen LogP contribution in [0, 0.1) is 11.6 Å². The van der Waals surface area contributed by atoms with Gasteiger partial charge in [-0.2, -0.15) is 0 Å². The largest absolute Gasteiger partial charge is 0.451 e. The highest BCUT2D eigenvalue weighted by Gasteiger charge is 2.22. The van der Waals surface area contributed by atoms with Gasteiger partial charge in [0.05, 0.1) is 6.61 Å². The molecule has 3 aromatic rings. The highest BCUT2D eigenvalue weighted by atomic mass is 32.1. The lowest BCUT2D eigenvalue weighted by molar-refractivity contribution is -0.124. The summed E-state index contributed by atoms with van der Waals surface area (Å²) >= 11 is 1.10. The molecule has 1 N–H and O–H groups in total. The lowest BCUT2D eigenvalue weighted by Crippen LogP contribution is -2.30. The van der Waals surface area contributed by atoms with Crippen LogP contribution in [-0.4, -0.2) is 32.1 Å². The first kappa shape index (κ1) is 20.9. The van der Waals surface area contributed by atoms with Crippen molar-refractivity contribution < 1.29 is 27.8 Å². The summed E-state index contributed by atoms with van der Waals surface area (Å²) in [6, 6.07) is 10.6. The third-order valence-electron chi connectivity index (χ3n) is 4.22. The first-order valence-electron chi connectivity index (χ1n) is 8.86. The zero-order valence-electron chi connectivity index (χ0n) is 15.7. The summed E-state index contributed by atoms with van der Waals surface area (Å²) in [4.78, 5) is 24.6. The van der Waals surface area contributed by atoms with Crippen molar-refractivity contribution in [2.24, 2.45) is 0 Å². The van der Waals surface area contributed by atoms with Gasteiger partial charge in [0, 0.05) is 29.3 Å². The number of hydrogen-bond acceptors (Lipinski definition) is 5. The van der Waals surface area contributed by atoms with E-state index in [0.717, 1.165) is 16.9 Å². The Morgan fingerprint density at radius 1 is 1.10 bits per heavy atom. The van der Waals surface area contributed by atoms with Crippen LogP contribution in [0.2, 0.25) is 0 Å². The zero-order chi connectivity index (χ0) is 20.8. The third-order valence-corrected chi connectivity index (χ3v) is 5.40. The van der Waals surface area contributed by atoms with Crippen molar-refractivity contribution in [2.45, 2.75) is 13.0 Å². The summed E-state index contributed by atoms with van der Waals surface area (Å²) in [7, 11) is 1.45. The van der Waals surface area contributed by atoms with Gasteiger partial charge in [-0.25, -0.2) is 13.6 Å². The van der Waals surface area contributed by atoms with Crippen molar-refractivity contribution in [1.29, 1.82) is 0 Å². The molecule has 0 unspecified atom stereocenters. The number of rotatable bonds is 8. The molecule has 0 radical (unpaired) electrons. The molecular formula is C21H19F2NO4S. The molecule has 0 bridgehead atoms. The number of carbonyl (C=O) groups is 2. The van der Waals surface area contributed by atoms with Crippen LogP contribution in [0.4, 0.5) is 8.78 Å². The Morgan fingerprint density at radius 3 is 2.59 bits per heavy atom. The van der Waals surface area contributed by atoms with Crippen molar-refractivity contribution in [1.82, 2.24) is 5.32 Å². The van der Waals surface area contributed by atoms with Gasteiger partial charge in [0.15, 0.2) is 6.61 Å². The van der Waals surface area contributed by atoms with Crippen LogP contribution in [0.25, 0.3) is 10.1 Å². The Labute approximate surface area is 170 Å². The lowest BCUT2D eigenvalue weighted by Gasteiger charge is -2.07. The van der Waals surface area contributed by atoms with Crippen LogP contribution in [0.5, 0.6) is 0 Å². The maximum atomic E-state index is 14.2. The maximum Gasteiger partial charge on any atom is 0.349 e. The number of benzene rings is 2. The molecule has 5 nitrogen and oxygen atoms in total. The molecule has 3 rings (SSSR count). The summed E-state index contributed by atoms with van der Waals surface area (Å²) < 4.78 is 37.8. The molecule has 8 heteroatoms. The number of hydrogen-bond donors (Lipinski definition) is 1. The number of amides is 1. The number of nitrogens with one attached hydrogen (secondary N) is 1. The van der Waals surface area contributed by atoms with E-state index in [1.54, 1.807) is 24.3 Å². The highest BCUT2D eigenvalue weighted by Crippen LogP contribution is 2.34. The van der Waals surface area contributed by atoms with E-state index in [2.05, 4.69) is 5.32 Å². The SMILES string of the molecule is COCc1c(C(=O)OCC(=O)NCCc2ccc(F)cc2)sc2cccc(F)c12. The Morgan fingerprint density at radius 2 is 1.86 bits per heavy atom. The molecule has 1 aromatic heterocycles. The highest BCUT2D eigenvalue weighted by molar-refractivity contribution is 7.21. The van der Waals surface area contributed by atoms with E-state index in [1.165, 1.54) is 25.3 Å². The third kappa shape index (κ3) is 5.16. The molecule has 0 spiro atoms. The Kier molecular flexibility index (Phi) is 6.90. The van der Waals surface area contributed by atoms with E-state index in [9.17, 15) is 18.4 Å². The maximum absolute atomic E-state index is 14.2. The molecule has 0 atom stereocenters. The van der Waals surface area contributed by atoms with E-state index in [-0.39, 0.29) is 17.3 Å². The Balaban J connectivity index is 1.57. The average molecular weight is 419 g/mol. The van der Waals surface area contributed by atoms with Crippen LogP contribution in [0.1, 0.15) is 20.8 Å². The molecule has 2 aromatic carbocycles. The fourth-order valence-electron chi connectivity index (χ4n) is 2.86. The molecular weight excluding hydrogens is 400 g/mol.